The Hall–Kier alpha value is -3.90. The summed E-state index contributed by atoms with van der Waals surface area (Å²) < 4.78 is 5.11. The molecule has 1 heterocycles. The minimum absolute atomic E-state index is 0.00174. The number of rotatable bonds is 9. The van der Waals surface area contributed by atoms with E-state index >= 15 is 0 Å². The van der Waals surface area contributed by atoms with Crippen molar-refractivity contribution in [3.63, 3.8) is 0 Å². The van der Waals surface area contributed by atoms with E-state index < -0.39 is 5.97 Å². The Labute approximate surface area is 205 Å². The average molecular weight is 470 g/mol. The molecule has 6 nitrogen and oxygen atoms in total. The second kappa shape index (κ2) is 11.0. The van der Waals surface area contributed by atoms with Crippen LogP contribution in [-0.4, -0.2) is 34.9 Å². The molecule has 4 aromatic rings. The lowest BCUT2D eigenvalue weighted by molar-refractivity contribution is 0.0526. The second-order valence-corrected chi connectivity index (χ2v) is 8.85. The predicted molar refractivity (Wildman–Crippen MR) is 141 cm³/mol. The third kappa shape index (κ3) is 5.78. The van der Waals surface area contributed by atoms with Gasteiger partial charge in [-0.25, -0.2) is 9.79 Å². The lowest BCUT2D eigenvalue weighted by Crippen LogP contribution is -2.18. The van der Waals surface area contributed by atoms with E-state index in [1.54, 1.807) is 19.1 Å². The molecule has 0 saturated heterocycles. The van der Waals surface area contributed by atoms with Crippen LogP contribution in [0.3, 0.4) is 0 Å². The number of aromatic amines is 1. The molecule has 0 saturated carbocycles. The van der Waals surface area contributed by atoms with Crippen LogP contribution in [0.2, 0.25) is 0 Å². The number of benzene rings is 3. The molecule has 6 heteroatoms. The molecule has 0 radical (unpaired) electrons. The van der Waals surface area contributed by atoms with Crippen LogP contribution in [-0.2, 0) is 11.3 Å². The molecule has 0 bridgehead atoms. The van der Waals surface area contributed by atoms with Gasteiger partial charge in [0.2, 0.25) is 0 Å². The molecular weight excluding hydrogens is 438 g/mol. The number of esters is 1. The zero-order valence-electron chi connectivity index (χ0n) is 20.3. The lowest BCUT2D eigenvalue weighted by atomic mass is 10.00. The smallest absolute Gasteiger partial charge is 0.338 e. The summed E-state index contributed by atoms with van der Waals surface area (Å²) in [6.45, 7) is 8.22. The van der Waals surface area contributed by atoms with E-state index in [1.807, 2.05) is 48.5 Å². The number of carbonyl (C=O) groups excluding carboxylic acids is 1. The van der Waals surface area contributed by atoms with E-state index in [2.05, 4.69) is 36.3 Å². The Morgan fingerprint density at radius 1 is 1.03 bits per heavy atom. The van der Waals surface area contributed by atoms with Crippen molar-refractivity contribution in [3.8, 4) is 5.88 Å². The van der Waals surface area contributed by atoms with Crippen molar-refractivity contribution in [3.05, 3.63) is 95.1 Å². The summed E-state index contributed by atoms with van der Waals surface area (Å²) in [5.41, 5.74) is 5.14. The Bertz CT molecular complexity index is 1320. The van der Waals surface area contributed by atoms with Crippen LogP contribution in [0.4, 0.5) is 5.69 Å². The number of aliphatic imine (C=N–C) groups is 1. The van der Waals surface area contributed by atoms with Gasteiger partial charge in [-0.1, -0.05) is 62.4 Å². The summed E-state index contributed by atoms with van der Waals surface area (Å²) in [5.74, 6) is 0.201. The van der Waals surface area contributed by atoms with Gasteiger partial charge in [-0.15, -0.1) is 0 Å². The Morgan fingerprint density at radius 3 is 2.46 bits per heavy atom. The first-order chi connectivity index (χ1) is 17.0. The number of nitrogens with one attached hydrogen (secondary N) is 2. The fourth-order valence-electron chi connectivity index (χ4n) is 3.95. The van der Waals surface area contributed by atoms with Crippen molar-refractivity contribution < 1.29 is 14.6 Å². The molecule has 0 unspecified atom stereocenters. The molecule has 0 amide bonds. The summed E-state index contributed by atoms with van der Waals surface area (Å²) in [7, 11) is 0. The van der Waals surface area contributed by atoms with Crippen LogP contribution in [0.1, 0.15) is 47.8 Å². The topological polar surface area (TPSA) is 86.7 Å². The number of hydrogen-bond donors (Lipinski definition) is 3. The van der Waals surface area contributed by atoms with Crippen molar-refractivity contribution in [2.45, 2.75) is 27.3 Å². The van der Waals surface area contributed by atoms with Gasteiger partial charge in [-0.2, -0.15) is 0 Å². The van der Waals surface area contributed by atoms with Gasteiger partial charge in [0.05, 0.1) is 29.1 Å². The minimum Gasteiger partial charge on any atom is -0.494 e. The van der Waals surface area contributed by atoms with Crippen molar-refractivity contribution >= 4 is 28.3 Å². The van der Waals surface area contributed by atoms with E-state index in [-0.39, 0.29) is 5.88 Å². The maximum Gasteiger partial charge on any atom is 0.338 e. The highest BCUT2D eigenvalue weighted by molar-refractivity contribution is 6.22. The Balaban J connectivity index is 1.73. The highest BCUT2D eigenvalue weighted by atomic mass is 16.5. The molecule has 180 valence electrons. The van der Waals surface area contributed by atoms with Gasteiger partial charge in [0.15, 0.2) is 5.88 Å². The van der Waals surface area contributed by atoms with Gasteiger partial charge < -0.3 is 20.1 Å². The first-order valence-electron chi connectivity index (χ1n) is 11.9. The SMILES string of the molecule is CCOC(=O)c1ccc2c(C(=Nc3ccc(CNCC(C)C)cc3)c3ccccc3)c(O)[nH]c2c1. The van der Waals surface area contributed by atoms with E-state index in [0.717, 1.165) is 29.7 Å². The molecule has 0 aliphatic rings. The quantitative estimate of drug-likeness (QED) is 0.208. The van der Waals surface area contributed by atoms with Crippen molar-refractivity contribution in [1.82, 2.24) is 10.3 Å². The number of hydrogen-bond acceptors (Lipinski definition) is 5. The Morgan fingerprint density at radius 2 is 1.77 bits per heavy atom. The first kappa shape index (κ1) is 24.2. The first-order valence-corrected chi connectivity index (χ1v) is 11.9. The molecule has 3 N–H and O–H groups in total. The molecule has 0 fully saturated rings. The number of H-pyrrole nitrogens is 1. The van der Waals surface area contributed by atoms with Crippen LogP contribution < -0.4 is 5.32 Å². The van der Waals surface area contributed by atoms with Crippen LogP contribution in [0, 0.1) is 5.92 Å². The predicted octanol–water partition coefficient (Wildman–Crippen LogP) is 5.96. The van der Waals surface area contributed by atoms with Crippen molar-refractivity contribution in [2.24, 2.45) is 10.9 Å². The largest absolute Gasteiger partial charge is 0.494 e. The number of ether oxygens (including phenoxy) is 1. The normalized spacial score (nSPS) is 11.8. The zero-order valence-corrected chi connectivity index (χ0v) is 20.3. The summed E-state index contributed by atoms with van der Waals surface area (Å²) in [5, 5.41) is 15.1. The number of aromatic nitrogens is 1. The molecule has 4 rings (SSSR count). The van der Waals surface area contributed by atoms with Crippen molar-refractivity contribution in [2.75, 3.05) is 13.2 Å². The third-order valence-electron chi connectivity index (χ3n) is 5.63. The van der Waals surface area contributed by atoms with E-state index in [4.69, 9.17) is 9.73 Å². The summed E-state index contributed by atoms with van der Waals surface area (Å²) >= 11 is 0. The number of aromatic hydroxyl groups is 1. The maximum absolute atomic E-state index is 12.2. The molecule has 35 heavy (non-hydrogen) atoms. The molecule has 1 aromatic heterocycles. The van der Waals surface area contributed by atoms with Gasteiger partial charge in [-0.05, 0) is 49.2 Å². The van der Waals surface area contributed by atoms with Crippen LogP contribution in [0.25, 0.3) is 10.9 Å². The number of fused-ring (bicyclic) bond motifs is 1. The average Bonchev–Trinajstić information content (AvgIpc) is 3.18. The molecule has 0 aliphatic heterocycles. The minimum atomic E-state index is -0.398. The number of nitrogens with zero attached hydrogens (tertiary/aromatic N) is 1. The summed E-state index contributed by atoms with van der Waals surface area (Å²) in [6, 6.07) is 23.1. The second-order valence-electron chi connectivity index (χ2n) is 8.85. The fraction of sp³-hybridized carbons (Fsp3) is 0.241. The molecular formula is C29H31N3O3. The molecule has 0 aliphatic carbocycles. The van der Waals surface area contributed by atoms with Crippen LogP contribution in [0.15, 0.2) is 77.8 Å². The van der Waals surface area contributed by atoms with Crippen molar-refractivity contribution in [1.29, 1.82) is 0 Å². The molecule has 3 aromatic carbocycles. The van der Waals surface area contributed by atoms with Gasteiger partial charge >= 0.3 is 5.97 Å². The highest BCUT2D eigenvalue weighted by Gasteiger charge is 2.20. The molecule has 0 spiro atoms. The van der Waals surface area contributed by atoms with Gasteiger partial charge in [0.25, 0.3) is 0 Å². The summed E-state index contributed by atoms with van der Waals surface area (Å²) in [6.07, 6.45) is 0. The lowest BCUT2D eigenvalue weighted by Gasteiger charge is -2.09. The fourth-order valence-corrected chi connectivity index (χ4v) is 3.95. The third-order valence-corrected chi connectivity index (χ3v) is 5.63. The van der Waals surface area contributed by atoms with Gasteiger partial charge in [0, 0.05) is 23.0 Å². The zero-order chi connectivity index (χ0) is 24.8. The number of carbonyl (C=O) groups is 1. The van der Waals surface area contributed by atoms with Crippen LogP contribution in [0.5, 0.6) is 5.88 Å². The standard InChI is InChI=1S/C29H31N3O3/c1-4-35-29(34)22-12-15-24-25(16-22)32-28(33)26(24)27(21-8-6-5-7-9-21)31-23-13-10-20(11-14-23)18-30-17-19(2)3/h5-16,19,30,32-33H,4,17-18H2,1-3H3. The Kier molecular flexibility index (Phi) is 7.63. The van der Waals surface area contributed by atoms with E-state index in [9.17, 15) is 9.90 Å². The highest BCUT2D eigenvalue weighted by Crippen LogP contribution is 2.32. The van der Waals surface area contributed by atoms with Crippen LogP contribution >= 0.6 is 0 Å². The maximum atomic E-state index is 12.2. The molecule has 0 atom stereocenters. The van der Waals surface area contributed by atoms with Gasteiger partial charge in [0.1, 0.15) is 0 Å². The van der Waals surface area contributed by atoms with E-state index in [0.29, 0.717) is 34.9 Å². The van der Waals surface area contributed by atoms with E-state index in [1.165, 1.54) is 5.56 Å². The van der Waals surface area contributed by atoms with Gasteiger partial charge in [-0.3, -0.25) is 0 Å². The summed E-state index contributed by atoms with van der Waals surface area (Å²) in [4.78, 5) is 20.1. The monoisotopic (exact) mass is 469 g/mol.